The fourth-order valence-corrected chi connectivity index (χ4v) is 1.84. The Morgan fingerprint density at radius 3 is 2.60 bits per heavy atom. The summed E-state index contributed by atoms with van der Waals surface area (Å²) >= 11 is 0. The minimum Gasteiger partial charge on any atom is -0.318 e. The fourth-order valence-electron chi connectivity index (χ4n) is 1.84. The molecule has 0 spiro atoms. The van der Waals surface area contributed by atoms with Crippen LogP contribution in [0.4, 0.5) is 10.1 Å². The predicted octanol–water partition coefficient (Wildman–Crippen LogP) is 3.02. The Bertz CT molecular complexity index is 789. The standard InChI is InChI=1S/C15H10FN3O/c16-11-6-2-4-8-13(11)17-15(20)14-9-10-5-1-3-7-12(10)18-19-14/h1-9H,(H,17,20). The minimum absolute atomic E-state index is 0.118. The van der Waals surface area contributed by atoms with Gasteiger partial charge in [0.25, 0.3) is 5.91 Å². The average molecular weight is 267 g/mol. The van der Waals surface area contributed by atoms with E-state index in [4.69, 9.17) is 0 Å². The maximum absolute atomic E-state index is 13.5. The zero-order valence-corrected chi connectivity index (χ0v) is 10.4. The van der Waals surface area contributed by atoms with Crippen molar-refractivity contribution in [2.75, 3.05) is 5.32 Å². The van der Waals surface area contributed by atoms with Crippen molar-refractivity contribution >= 4 is 22.5 Å². The van der Waals surface area contributed by atoms with Gasteiger partial charge in [0.15, 0.2) is 5.69 Å². The first-order valence-electron chi connectivity index (χ1n) is 6.02. The van der Waals surface area contributed by atoms with Crippen LogP contribution in [0, 0.1) is 5.82 Å². The first-order valence-corrected chi connectivity index (χ1v) is 6.02. The second-order valence-corrected chi connectivity index (χ2v) is 4.22. The van der Waals surface area contributed by atoms with Gasteiger partial charge in [-0.2, -0.15) is 0 Å². The highest BCUT2D eigenvalue weighted by Gasteiger charge is 2.11. The summed E-state index contributed by atoms with van der Waals surface area (Å²) in [6, 6.07) is 14.9. The Morgan fingerprint density at radius 1 is 1.00 bits per heavy atom. The van der Waals surface area contributed by atoms with Gasteiger partial charge >= 0.3 is 0 Å². The van der Waals surface area contributed by atoms with E-state index in [0.29, 0.717) is 5.52 Å². The van der Waals surface area contributed by atoms with Gasteiger partial charge in [-0.15, -0.1) is 10.2 Å². The van der Waals surface area contributed by atoms with Crippen molar-refractivity contribution in [3.05, 3.63) is 66.1 Å². The molecular formula is C15H10FN3O. The van der Waals surface area contributed by atoms with Gasteiger partial charge in [-0.3, -0.25) is 4.79 Å². The van der Waals surface area contributed by atoms with Crippen LogP contribution in [-0.2, 0) is 0 Å². The van der Waals surface area contributed by atoms with E-state index in [1.807, 2.05) is 18.2 Å². The third-order valence-electron chi connectivity index (χ3n) is 2.85. The van der Waals surface area contributed by atoms with Crippen LogP contribution in [0.25, 0.3) is 10.9 Å². The lowest BCUT2D eigenvalue weighted by Gasteiger charge is -2.05. The van der Waals surface area contributed by atoms with Gasteiger partial charge in [0, 0.05) is 5.39 Å². The minimum atomic E-state index is -0.492. The maximum atomic E-state index is 13.5. The number of amides is 1. The van der Waals surface area contributed by atoms with E-state index in [9.17, 15) is 9.18 Å². The van der Waals surface area contributed by atoms with Gasteiger partial charge in [0.1, 0.15) is 5.82 Å². The second kappa shape index (κ2) is 5.05. The largest absolute Gasteiger partial charge is 0.318 e. The molecule has 4 nitrogen and oxygen atoms in total. The molecule has 0 fully saturated rings. The van der Waals surface area contributed by atoms with Gasteiger partial charge < -0.3 is 5.32 Å². The van der Waals surface area contributed by atoms with Crippen molar-refractivity contribution in [2.45, 2.75) is 0 Å². The van der Waals surface area contributed by atoms with E-state index >= 15 is 0 Å². The number of halogens is 1. The number of fused-ring (bicyclic) bond motifs is 1. The number of anilines is 1. The van der Waals surface area contributed by atoms with Crippen LogP contribution < -0.4 is 5.32 Å². The molecule has 1 heterocycles. The Kier molecular flexibility index (Phi) is 3.09. The van der Waals surface area contributed by atoms with Crippen LogP contribution in [-0.4, -0.2) is 16.1 Å². The lowest BCUT2D eigenvalue weighted by molar-refractivity contribution is 0.102. The summed E-state index contributed by atoms with van der Waals surface area (Å²) in [5, 5.41) is 11.1. The number of para-hydroxylation sites is 1. The number of aromatic nitrogens is 2. The van der Waals surface area contributed by atoms with E-state index < -0.39 is 11.7 Å². The van der Waals surface area contributed by atoms with Gasteiger partial charge in [-0.25, -0.2) is 4.39 Å². The molecule has 2 aromatic carbocycles. The molecule has 3 aromatic rings. The summed E-state index contributed by atoms with van der Waals surface area (Å²) in [4.78, 5) is 12.0. The number of carbonyl (C=O) groups is 1. The van der Waals surface area contributed by atoms with Crippen molar-refractivity contribution in [3.8, 4) is 0 Å². The molecule has 98 valence electrons. The molecule has 1 aromatic heterocycles. The van der Waals surface area contributed by atoms with Crippen LogP contribution in [0.15, 0.2) is 54.6 Å². The topological polar surface area (TPSA) is 54.9 Å². The first kappa shape index (κ1) is 12.2. The first-order chi connectivity index (χ1) is 9.74. The van der Waals surface area contributed by atoms with E-state index in [2.05, 4.69) is 15.5 Å². The van der Waals surface area contributed by atoms with Crippen LogP contribution >= 0.6 is 0 Å². The molecule has 0 aliphatic carbocycles. The van der Waals surface area contributed by atoms with Crippen LogP contribution in [0.2, 0.25) is 0 Å². The van der Waals surface area contributed by atoms with Gasteiger partial charge in [0.05, 0.1) is 11.2 Å². The van der Waals surface area contributed by atoms with E-state index in [0.717, 1.165) is 5.39 Å². The molecule has 5 heteroatoms. The fraction of sp³-hybridized carbons (Fsp3) is 0. The van der Waals surface area contributed by atoms with Crippen molar-refractivity contribution < 1.29 is 9.18 Å². The molecular weight excluding hydrogens is 257 g/mol. The predicted molar refractivity (Wildman–Crippen MR) is 73.9 cm³/mol. The van der Waals surface area contributed by atoms with E-state index in [-0.39, 0.29) is 11.4 Å². The number of benzene rings is 2. The number of hydrogen-bond acceptors (Lipinski definition) is 3. The third kappa shape index (κ3) is 2.33. The average Bonchev–Trinajstić information content (AvgIpc) is 2.49. The Labute approximate surface area is 114 Å². The number of rotatable bonds is 2. The molecule has 0 saturated heterocycles. The third-order valence-corrected chi connectivity index (χ3v) is 2.85. The van der Waals surface area contributed by atoms with Crippen LogP contribution in [0.3, 0.4) is 0 Å². The molecule has 0 aliphatic heterocycles. The highest BCUT2D eigenvalue weighted by Crippen LogP contribution is 2.15. The summed E-state index contributed by atoms with van der Waals surface area (Å²) in [7, 11) is 0. The SMILES string of the molecule is O=C(Nc1ccccc1F)c1cc2ccccc2nn1. The molecule has 0 unspecified atom stereocenters. The summed E-state index contributed by atoms with van der Waals surface area (Å²) in [6.45, 7) is 0. The van der Waals surface area contributed by atoms with Crippen molar-refractivity contribution in [1.82, 2.24) is 10.2 Å². The summed E-state index contributed by atoms with van der Waals surface area (Å²) in [6.07, 6.45) is 0. The zero-order valence-electron chi connectivity index (χ0n) is 10.4. The lowest BCUT2D eigenvalue weighted by atomic mass is 10.2. The van der Waals surface area contributed by atoms with Crippen LogP contribution in [0.1, 0.15) is 10.5 Å². The van der Waals surface area contributed by atoms with Gasteiger partial charge in [-0.1, -0.05) is 30.3 Å². The summed E-state index contributed by atoms with van der Waals surface area (Å²) in [5.74, 6) is -0.983. The molecule has 0 radical (unpaired) electrons. The summed E-state index contributed by atoms with van der Waals surface area (Å²) < 4.78 is 13.5. The highest BCUT2D eigenvalue weighted by atomic mass is 19.1. The lowest BCUT2D eigenvalue weighted by Crippen LogP contribution is -2.15. The Morgan fingerprint density at radius 2 is 1.75 bits per heavy atom. The molecule has 1 N–H and O–H groups in total. The maximum Gasteiger partial charge on any atom is 0.276 e. The quantitative estimate of drug-likeness (QED) is 0.776. The number of carbonyl (C=O) groups excluding carboxylic acids is 1. The molecule has 3 rings (SSSR count). The Balaban J connectivity index is 1.91. The van der Waals surface area contributed by atoms with E-state index in [1.165, 1.54) is 12.1 Å². The van der Waals surface area contributed by atoms with Crippen molar-refractivity contribution in [3.63, 3.8) is 0 Å². The van der Waals surface area contributed by atoms with Gasteiger partial charge in [0.2, 0.25) is 0 Å². The smallest absolute Gasteiger partial charge is 0.276 e. The second-order valence-electron chi connectivity index (χ2n) is 4.22. The molecule has 0 aliphatic rings. The summed E-state index contributed by atoms with van der Waals surface area (Å²) in [5.41, 5.74) is 0.967. The number of nitrogens with zero attached hydrogens (tertiary/aromatic N) is 2. The number of hydrogen-bond donors (Lipinski definition) is 1. The molecule has 20 heavy (non-hydrogen) atoms. The molecule has 0 bridgehead atoms. The van der Waals surface area contributed by atoms with Crippen LogP contribution in [0.5, 0.6) is 0 Å². The van der Waals surface area contributed by atoms with Crippen molar-refractivity contribution in [2.24, 2.45) is 0 Å². The van der Waals surface area contributed by atoms with E-state index in [1.54, 1.807) is 24.3 Å². The van der Waals surface area contributed by atoms with Gasteiger partial charge in [-0.05, 0) is 24.3 Å². The Hall–Kier alpha value is -2.82. The van der Waals surface area contributed by atoms with Crippen molar-refractivity contribution in [1.29, 1.82) is 0 Å². The molecule has 0 atom stereocenters. The zero-order chi connectivity index (χ0) is 13.9. The highest BCUT2D eigenvalue weighted by molar-refractivity contribution is 6.04. The molecule has 1 amide bonds. The number of nitrogens with one attached hydrogen (secondary N) is 1. The molecule has 0 saturated carbocycles. The normalized spacial score (nSPS) is 10.4. The monoisotopic (exact) mass is 267 g/mol.